The zero-order valence-corrected chi connectivity index (χ0v) is 8.94. The molecule has 2 heterocycles. The Morgan fingerprint density at radius 3 is 2.93 bits per heavy atom. The third kappa shape index (κ3) is 2.66. The maximum absolute atomic E-state index is 5.67. The van der Waals surface area contributed by atoms with Gasteiger partial charge >= 0.3 is 0 Å². The SMILES string of the molecule is Cn1cc(CNc2ccc(Cl)nc2)nn1. The highest BCUT2D eigenvalue weighted by atomic mass is 35.5. The van der Waals surface area contributed by atoms with Crippen LogP contribution in [0, 0.1) is 0 Å². The summed E-state index contributed by atoms with van der Waals surface area (Å²) in [6.45, 7) is 0.622. The molecule has 0 aliphatic carbocycles. The van der Waals surface area contributed by atoms with Crippen molar-refractivity contribution in [2.24, 2.45) is 7.05 Å². The van der Waals surface area contributed by atoms with Crippen molar-refractivity contribution < 1.29 is 0 Å². The van der Waals surface area contributed by atoms with Crippen LogP contribution in [0.1, 0.15) is 5.69 Å². The smallest absolute Gasteiger partial charge is 0.129 e. The lowest BCUT2D eigenvalue weighted by Crippen LogP contribution is -1.99. The Hall–Kier alpha value is -1.62. The number of hydrogen-bond donors (Lipinski definition) is 1. The first-order valence-corrected chi connectivity index (χ1v) is 4.82. The first-order valence-electron chi connectivity index (χ1n) is 4.44. The summed E-state index contributed by atoms with van der Waals surface area (Å²) >= 11 is 5.67. The Morgan fingerprint density at radius 2 is 2.33 bits per heavy atom. The molecule has 0 aliphatic rings. The van der Waals surface area contributed by atoms with E-state index in [1.807, 2.05) is 19.3 Å². The van der Waals surface area contributed by atoms with Crippen molar-refractivity contribution in [1.82, 2.24) is 20.0 Å². The first-order chi connectivity index (χ1) is 7.24. The molecule has 0 aliphatic heterocycles. The van der Waals surface area contributed by atoms with Crippen LogP contribution in [0.5, 0.6) is 0 Å². The van der Waals surface area contributed by atoms with Crippen molar-refractivity contribution >= 4 is 17.3 Å². The van der Waals surface area contributed by atoms with Crippen LogP contribution in [-0.4, -0.2) is 20.0 Å². The zero-order chi connectivity index (χ0) is 10.7. The molecule has 2 aromatic rings. The summed E-state index contributed by atoms with van der Waals surface area (Å²) in [6.07, 6.45) is 3.54. The van der Waals surface area contributed by atoms with E-state index in [1.54, 1.807) is 16.9 Å². The van der Waals surface area contributed by atoms with E-state index in [4.69, 9.17) is 11.6 Å². The molecule has 2 aromatic heterocycles. The van der Waals surface area contributed by atoms with Gasteiger partial charge in [0.15, 0.2) is 0 Å². The van der Waals surface area contributed by atoms with E-state index in [-0.39, 0.29) is 0 Å². The molecule has 0 saturated carbocycles. The van der Waals surface area contributed by atoms with Crippen molar-refractivity contribution in [3.63, 3.8) is 0 Å². The number of anilines is 1. The van der Waals surface area contributed by atoms with Gasteiger partial charge in [-0.15, -0.1) is 5.10 Å². The number of pyridine rings is 1. The van der Waals surface area contributed by atoms with Gasteiger partial charge in [-0.25, -0.2) is 4.98 Å². The minimum Gasteiger partial charge on any atom is -0.378 e. The van der Waals surface area contributed by atoms with Gasteiger partial charge in [-0.3, -0.25) is 4.68 Å². The summed E-state index contributed by atoms with van der Waals surface area (Å²) < 4.78 is 1.66. The summed E-state index contributed by atoms with van der Waals surface area (Å²) in [5.74, 6) is 0. The van der Waals surface area contributed by atoms with Crippen molar-refractivity contribution in [1.29, 1.82) is 0 Å². The second-order valence-corrected chi connectivity index (χ2v) is 3.49. The fraction of sp³-hybridized carbons (Fsp3) is 0.222. The molecular weight excluding hydrogens is 214 g/mol. The molecule has 0 amide bonds. The predicted octanol–water partition coefficient (Wildman–Crippen LogP) is 1.48. The Labute approximate surface area is 92.1 Å². The molecule has 6 heteroatoms. The van der Waals surface area contributed by atoms with Crippen LogP contribution in [0.2, 0.25) is 5.15 Å². The summed E-state index contributed by atoms with van der Waals surface area (Å²) in [6, 6.07) is 3.60. The van der Waals surface area contributed by atoms with Gasteiger partial charge in [0.25, 0.3) is 0 Å². The number of nitrogens with one attached hydrogen (secondary N) is 1. The van der Waals surface area contributed by atoms with Crippen molar-refractivity contribution in [3.8, 4) is 0 Å². The van der Waals surface area contributed by atoms with E-state index in [9.17, 15) is 0 Å². The third-order valence-corrected chi connectivity index (χ3v) is 2.07. The lowest BCUT2D eigenvalue weighted by molar-refractivity contribution is 0.713. The number of halogens is 1. The minimum absolute atomic E-state index is 0.486. The summed E-state index contributed by atoms with van der Waals surface area (Å²) in [5, 5.41) is 11.4. The number of aromatic nitrogens is 4. The number of aryl methyl sites for hydroxylation is 1. The van der Waals surface area contributed by atoms with Crippen LogP contribution in [0.3, 0.4) is 0 Å². The zero-order valence-electron chi connectivity index (χ0n) is 8.18. The Bertz CT molecular complexity index is 436. The maximum atomic E-state index is 5.67. The highest BCUT2D eigenvalue weighted by Crippen LogP contribution is 2.10. The quantitative estimate of drug-likeness (QED) is 0.801. The molecule has 0 bridgehead atoms. The number of rotatable bonds is 3. The number of hydrogen-bond acceptors (Lipinski definition) is 4. The van der Waals surface area contributed by atoms with Crippen molar-refractivity contribution in [2.45, 2.75) is 6.54 Å². The molecule has 0 radical (unpaired) electrons. The van der Waals surface area contributed by atoms with Gasteiger partial charge in [-0.1, -0.05) is 16.8 Å². The highest BCUT2D eigenvalue weighted by Gasteiger charge is 1.98. The fourth-order valence-electron chi connectivity index (χ4n) is 1.15. The molecule has 0 saturated heterocycles. The van der Waals surface area contributed by atoms with E-state index in [1.165, 1.54) is 0 Å². The topological polar surface area (TPSA) is 55.6 Å². The monoisotopic (exact) mass is 223 g/mol. The van der Waals surface area contributed by atoms with Crippen LogP contribution in [-0.2, 0) is 13.6 Å². The van der Waals surface area contributed by atoms with Crippen LogP contribution in [0.4, 0.5) is 5.69 Å². The first kappa shape index (κ1) is 9.92. The third-order valence-electron chi connectivity index (χ3n) is 1.85. The Balaban J connectivity index is 1.96. The second-order valence-electron chi connectivity index (χ2n) is 3.11. The van der Waals surface area contributed by atoms with Gasteiger partial charge < -0.3 is 5.32 Å². The van der Waals surface area contributed by atoms with Gasteiger partial charge in [0.1, 0.15) is 10.8 Å². The molecule has 5 nitrogen and oxygen atoms in total. The summed E-state index contributed by atoms with van der Waals surface area (Å²) in [5.41, 5.74) is 1.79. The Kier molecular flexibility index (Phi) is 2.82. The van der Waals surface area contributed by atoms with Gasteiger partial charge in [-0.05, 0) is 12.1 Å². The summed E-state index contributed by atoms with van der Waals surface area (Å²) in [7, 11) is 1.83. The van der Waals surface area contributed by atoms with Gasteiger partial charge in [0, 0.05) is 13.2 Å². The van der Waals surface area contributed by atoms with E-state index in [0.717, 1.165) is 11.4 Å². The molecule has 0 fully saturated rings. The normalized spacial score (nSPS) is 10.3. The molecule has 15 heavy (non-hydrogen) atoms. The number of nitrogens with zero attached hydrogens (tertiary/aromatic N) is 4. The van der Waals surface area contributed by atoms with Gasteiger partial charge in [0.05, 0.1) is 18.4 Å². The summed E-state index contributed by atoms with van der Waals surface area (Å²) in [4.78, 5) is 3.96. The predicted molar refractivity (Wildman–Crippen MR) is 57.6 cm³/mol. The van der Waals surface area contributed by atoms with E-state index in [0.29, 0.717) is 11.7 Å². The van der Waals surface area contributed by atoms with Crippen molar-refractivity contribution in [3.05, 3.63) is 35.4 Å². The molecule has 0 atom stereocenters. The van der Waals surface area contributed by atoms with Crippen LogP contribution >= 0.6 is 11.6 Å². The molecule has 1 N–H and O–H groups in total. The standard InChI is InChI=1S/C9H10ClN5/c1-15-6-8(13-14-15)5-11-7-2-3-9(10)12-4-7/h2-4,6,11H,5H2,1H3. The van der Waals surface area contributed by atoms with Crippen LogP contribution in [0.15, 0.2) is 24.5 Å². The lowest BCUT2D eigenvalue weighted by atomic mass is 10.4. The van der Waals surface area contributed by atoms with Crippen LogP contribution in [0.25, 0.3) is 0 Å². The van der Waals surface area contributed by atoms with Gasteiger partial charge in [0.2, 0.25) is 0 Å². The highest BCUT2D eigenvalue weighted by molar-refractivity contribution is 6.29. The molecule has 78 valence electrons. The minimum atomic E-state index is 0.486. The van der Waals surface area contributed by atoms with E-state index in [2.05, 4.69) is 20.6 Å². The fourth-order valence-corrected chi connectivity index (χ4v) is 1.26. The average Bonchev–Trinajstić information content (AvgIpc) is 2.64. The van der Waals surface area contributed by atoms with Crippen molar-refractivity contribution in [2.75, 3.05) is 5.32 Å². The molecule has 0 spiro atoms. The second kappa shape index (κ2) is 4.27. The maximum Gasteiger partial charge on any atom is 0.129 e. The molecule has 0 unspecified atom stereocenters. The lowest BCUT2D eigenvalue weighted by Gasteiger charge is -2.02. The van der Waals surface area contributed by atoms with Crippen LogP contribution < -0.4 is 5.32 Å². The average molecular weight is 224 g/mol. The van der Waals surface area contributed by atoms with E-state index < -0.39 is 0 Å². The van der Waals surface area contributed by atoms with E-state index >= 15 is 0 Å². The molecule has 2 rings (SSSR count). The molecule has 0 aromatic carbocycles. The Morgan fingerprint density at radius 1 is 1.47 bits per heavy atom. The molecular formula is C9H10ClN5. The largest absolute Gasteiger partial charge is 0.378 e. The van der Waals surface area contributed by atoms with Gasteiger partial charge in [-0.2, -0.15) is 0 Å².